The summed E-state index contributed by atoms with van der Waals surface area (Å²) < 4.78 is 4.11. The average Bonchev–Trinajstić information content (AvgIpc) is 3.22. The predicted octanol–water partition coefficient (Wildman–Crippen LogP) is 3.00. The van der Waals surface area contributed by atoms with Crippen LogP contribution in [0.25, 0.3) is 11.2 Å². The van der Waals surface area contributed by atoms with E-state index in [9.17, 15) is 14.4 Å². The average molecular weight is 450 g/mol. The van der Waals surface area contributed by atoms with Gasteiger partial charge in [-0.05, 0) is 30.7 Å². The maximum absolute atomic E-state index is 12.6. The normalized spacial score (nSPS) is 11.1. The summed E-state index contributed by atoms with van der Waals surface area (Å²) in [5.41, 5.74) is 0.661. The number of aryl methyl sites for hydroxylation is 2. The highest BCUT2D eigenvalue weighted by atomic mass is 32.2. The summed E-state index contributed by atoms with van der Waals surface area (Å²) in [6, 6.07) is 17.7. The zero-order chi connectivity index (χ0) is 22.7. The lowest BCUT2D eigenvalue weighted by atomic mass is 10.2. The summed E-state index contributed by atoms with van der Waals surface area (Å²) in [5.74, 6) is -0.101. The standard InChI is InChI=1S/C23H23N5O3S/c1-26-21-20(22(30)27(2)23(26)31)28(15-24-21)14-8-13-19(29)25-17-11-6-7-12-18(17)32-16-9-4-3-5-10-16/h3-7,9-12,15H,8,13-14H2,1-2H3,(H,25,29). The highest BCUT2D eigenvalue weighted by molar-refractivity contribution is 7.99. The number of carbonyl (C=O) groups excluding carboxylic acids is 1. The number of anilines is 1. The fourth-order valence-corrected chi connectivity index (χ4v) is 4.39. The van der Waals surface area contributed by atoms with Gasteiger partial charge < -0.3 is 9.88 Å². The molecule has 4 rings (SSSR count). The Morgan fingerprint density at radius 3 is 2.50 bits per heavy atom. The van der Waals surface area contributed by atoms with E-state index in [0.717, 1.165) is 20.0 Å². The van der Waals surface area contributed by atoms with E-state index in [1.807, 2.05) is 54.6 Å². The van der Waals surface area contributed by atoms with Gasteiger partial charge in [-0.15, -0.1) is 0 Å². The molecule has 2 heterocycles. The molecule has 0 bridgehead atoms. The molecule has 9 heteroatoms. The van der Waals surface area contributed by atoms with Crippen molar-refractivity contribution in [2.45, 2.75) is 29.2 Å². The Bertz CT molecular complexity index is 1390. The van der Waals surface area contributed by atoms with Crippen LogP contribution in [0.1, 0.15) is 12.8 Å². The number of imidazole rings is 1. The first-order chi connectivity index (χ1) is 15.5. The number of amides is 1. The Morgan fingerprint density at radius 2 is 1.72 bits per heavy atom. The fraction of sp³-hybridized carbons (Fsp3) is 0.217. The molecule has 0 aliphatic heterocycles. The summed E-state index contributed by atoms with van der Waals surface area (Å²) in [6.07, 6.45) is 2.35. The molecule has 0 radical (unpaired) electrons. The topological polar surface area (TPSA) is 90.9 Å². The molecule has 2 aromatic carbocycles. The van der Waals surface area contributed by atoms with Crippen LogP contribution in [0.15, 0.2) is 80.3 Å². The quantitative estimate of drug-likeness (QED) is 0.468. The van der Waals surface area contributed by atoms with Gasteiger partial charge in [0.1, 0.15) is 0 Å². The van der Waals surface area contributed by atoms with Crippen molar-refractivity contribution in [2.24, 2.45) is 14.1 Å². The van der Waals surface area contributed by atoms with Crippen molar-refractivity contribution in [1.82, 2.24) is 18.7 Å². The second-order valence-corrected chi connectivity index (χ2v) is 8.49. The molecule has 1 N–H and O–H groups in total. The van der Waals surface area contributed by atoms with Crippen LogP contribution in [0.3, 0.4) is 0 Å². The molecule has 8 nitrogen and oxygen atoms in total. The largest absolute Gasteiger partial charge is 0.332 e. The van der Waals surface area contributed by atoms with Gasteiger partial charge in [-0.25, -0.2) is 9.78 Å². The van der Waals surface area contributed by atoms with Gasteiger partial charge in [0.2, 0.25) is 5.91 Å². The summed E-state index contributed by atoms with van der Waals surface area (Å²) in [4.78, 5) is 43.4. The van der Waals surface area contributed by atoms with E-state index in [1.54, 1.807) is 23.4 Å². The van der Waals surface area contributed by atoms with E-state index in [1.165, 1.54) is 17.9 Å². The molecule has 164 valence electrons. The van der Waals surface area contributed by atoms with Crippen LogP contribution in [0, 0.1) is 0 Å². The Morgan fingerprint density at radius 1 is 1.00 bits per heavy atom. The number of aromatic nitrogens is 4. The number of benzene rings is 2. The molecular formula is C23H23N5O3S. The smallest absolute Gasteiger partial charge is 0.325 e. The van der Waals surface area contributed by atoms with Crippen LogP contribution in [-0.4, -0.2) is 24.6 Å². The lowest BCUT2D eigenvalue weighted by Crippen LogP contribution is -2.37. The lowest BCUT2D eigenvalue weighted by Gasteiger charge is -2.11. The zero-order valence-electron chi connectivity index (χ0n) is 17.8. The van der Waals surface area contributed by atoms with E-state index in [4.69, 9.17) is 0 Å². The van der Waals surface area contributed by atoms with Crippen molar-refractivity contribution in [3.63, 3.8) is 0 Å². The van der Waals surface area contributed by atoms with Crippen molar-refractivity contribution >= 4 is 34.5 Å². The van der Waals surface area contributed by atoms with Crippen molar-refractivity contribution in [2.75, 3.05) is 5.32 Å². The second-order valence-electron chi connectivity index (χ2n) is 7.38. The molecule has 0 aliphatic carbocycles. The minimum absolute atomic E-state index is 0.101. The van der Waals surface area contributed by atoms with Crippen molar-refractivity contribution in [3.8, 4) is 0 Å². The third-order valence-corrected chi connectivity index (χ3v) is 6.24. The Hall–Kier alpha value is -3.59. The highest BCUT2D eigenvalue weighted by Gasteiger charge is 2.14. The van der Waals surface area contributed by atoms with Crippen LogP contribution in [-0.2, 0) is 25.4 Å². The summed E-state index contributed by atoms with van der Waals surface area (Å²) in [7, 11) is 3.03. The maximum Gasteiger partial charge on any atom is 0.332 e. The molecule has 4 aromatic rings. The van der Waals surface area contributed by atoms with E-state index in [-0.39, 0.29) is 12.3 Å². The number of fused-ring (bicyclic) bond motifs is 1. The van der Waals surface area contributed by atoms with E-state index >= 15 is 0 Å². The number of hydrogen-bond acceptors (Lipinski definition) is 5. The number of nitrogens with one attached hydrogen (secondary N) is 1. The van der Waals surface area contributed by atoms with Gasteiger partial charge in [-0.2, -0.15) is 0 Å². The minimum Gasteiger partial charge on any atom is -0.325 e. The highest BCUT2D eigenvalue weighted by Crippen LogP contribution is 2.33. The lowest BCUT2D eigenvalue weighted by molar-refractivity contribution is -0.116. The first kappa shape index (κ1) is 21.6. The summed E-state index contributed by atoms with van der Waals surface area (Å²) in [5, 5.41) is 2.99. The number of hydrogen-bond donors (Lipinski definition) is 1. The zero-order valence-corrected chi connectivity index (χ0v) is 18.6. The molecule has 0 fully saturated rings. The van der Waals surface area contributed by atoms with Crippen LogP contribution < -0.4 is 16.6 Å². The van der Waals surface area contributed by atoms with Crippen LogP contribution in [0.4, 0.5) is 5.69 Å². The van der Waals surface area contributed by atoms with Crippen LogP contribution in [0.2, 0.25) is 0 Å². The molecule has 2 aromatic heterocycles. The van der Waals surface area contributed by atoms with Gasteiger partial charge >= 0.3 is 5.69 Å². The van der Waals surface area contributed by atoms with Crippen LogP contribution >= 0.6 is 11.8 Å². The Balaban J connectivity index is 1.42. The van der Waals surface area contributed by atoms with Crippen molar-refractivity contribution in [3.05, 3.63) is 81.8 Å². The van der Waals surface area contributed by atoms with Gasteiger partial charge in [-0.3, -0.25) is 18.7 Å². The molecule has 0 saturated carbocycles. The number of carbonyl (C=O) groups is 1. The fourth-order valence-electron chi connectivity index (χ4n) is 3.46. The molecule has 0 unspecified atom stereocenters. The molecule has 1 amide bonds. The van der Waals surface area contributed by atoms with Gasteiger partial charge in [0.25, 0.3) is 5.56 Å². The monoisotopic (exact) mass is 449 g/mol. The molecule has 0 spiro atoms. The predicted molar refractivity (Wildman–Crippen MR) is 125 cm³/mol. The van der Waals surface area contributed by atoms with Gasteiger partial charge in [0.15, 0.2) is 11.2 Å². The van der Waals surface area contributed by atoms with Gasteiger partial charge in [0, 0.05) is 36.9 Å². The SMILES string of the molecule is Cn1c(=O)c2c(ncn2CCCC(=O)Nc2ccccc2Sc2ccccc2)n(C)c1=O. The molecule has 0 aliphatic rings. The molecule has 32 heavy (non-hydrogen) atoms. The Labute approximate surface area is 188 Å². The number of para-hydroxylation sites is 1. The Kier molecular flexibility index (Phi) is 6.27. The van der Waals surface area contributed by atoms with Gasteiger partial charge in [0.05, 0.1) is 12.0 Å². The molecule has 0 atom stereocenters. The third-order valence-electron chi connectivity index (χ3n) is 5.15. The summed E-state index contributed by atoms with van der Waals surface area (Å²) >= 11 is 1.59. The van der Waals surface area contributed by atoms with Crippen LogP contribution in [0.5, 0.6) is 0 Å². The van der Waals surface area contributed by atoms with E-state index in [0.29, 0.717) is 24.1 Å². The summed E-state index contributed by atoms with van der Waals surface area (Å²) in [6.45, 7) is 0.442. The van der Waals surface area contributed by atoms with E-state index < -0.39 is 11.2 Å². The third kappa shape index (κ3) is 4.38. The van der Waals surface area contributed by atoms with Crippen molar-refractivity contribution < 1.29 is 4.79 Å². The molecular weight excluding hydrogens is 426 g/mol. The maximum atomic E-state index is 12.6. The number of rotatable bonds is 7. The van der Waals surface area contributed by atoms with E-state index in [2.05, 4.69) is 10.3 Å². The number of nitrogens with zero attached hydrogens (tertiary/aromatic N) is 4. The second kappa shape index (κ2) is 9.27. The van der Waals surface area contributed by atoms with Gasteiger partial charge in [-0.1, -0.05) is 42.1 Å². The first-order valence-corrected chi connectivity index (χ1v) is 11.0. The minimum atomic E-state index is -0.417. The molecule has 0 saturated heterocycles. The van der Waals surface area contributed by atoms with Crippen molar-refractivity contribution in [1.29, 1.82) is 0 Å². The first-order valence-electron chi connectivity index (χ1n) is 10.2.